The van der Waals surface area contributed by atoms with Crippen LogP contribution in [0.5, 0.6) is 0 Å². The molecule has 0 aromatic heterocycles. The molecule has 0 N–H and O–H groups in total. The number of carbonyl (C=O) groups is 1. The van der Waals surface area contributed by atoms with E-state index in [4.69, 9.17) is 4.74 Å². The molecule has 1 unspecified atom stereocenters. The lowest BCUT2D eigenvalue weighted by atomic mass is 10.4. The summed E-state index contributed by atoms with van der Waals surface area (Å²) in [5.74, 6) is 0. The first-order valence-corrected chi connectivity index (χ1v) is 3.92. The Bertz CT molecular complexity index is 108. The van der Waals surface area contributed by atoms with Gasteiger partial charge in [-0.3, -0.25) is 4.79 Å². The van der Waals surface area contributed by atoms with Crippen LogP contribution in [0.25, 0.3) is 0 Å². The molecule has 1 rings (SSSR count). The van der Waals surface area contributed by atoms with Crippen LogP contribution in [0.2, 0.25) is 0 Å². The first-order chi connectivity index (χ1) is 4.29. The quantitative estimate of drug-likeness (QED) is 0.553. The van der Waals surface area contributed by atoms with Gasteiger partial charge in [-0.2, -0.15) is 0 Å². The van der Waals surface area contributed by atoms with E-state index in [2.05, 4.69) is 0 Å². The van der Waals surface area contributed by atoms with Gasteiger partial charge in [-0.15, -0.1) is 0 Å². The summed E-state index contributed by atoms with van der Waals surface area (Å²) in [7, 11) is 0. The maximum Gasteiger partial charge on any atom is 0.186 e. The molecule has 9 heavy (non-hydrogen) atoms. The number of hydrogen-bond acceptors (Lipinski definition) is 3. The Labute approximate surface area is 59.0 Å². The normalized spacial score (nSPS) is 26.6. The van der Waals surface area contributed by atoms with Crippen LogP contribution in [-0.2, 0) is 9.53 Å². The van der Waals surface area contributed by atoms with E-state index >= 15 is 0 Å². The third-order valence-corrected chi connectivity index (χ3v) is 2.26. The van der Waals surface area contributed by atoms with Gasteiger partial charge in [0.2, 0.25) is 0 Å². The summed E-state index contributed by atoms with van der Waals surface area (Å²) in [5, 5.41) is 0.632. The highest BCUT2D eigenvalue weighted by atomic mass is 32.2. The van der Waals surface area contributed by atoms with Gasteiger partial charge in [0.25, 0.3) is 0 Å². The summed E-state index contributed by atoms with van der Waals surface area (Å²) in [4.78, 5) is 10.5. The molecule has 1 aliphatic heterocycles. The average Bonchev–Trinajstić information content (AvgIpc) is 2.15. The Kier molecular flexibility index (Phi) is 2.54. The summed E-state index contributed by atoms with van der Waals surface area (Å²) in [6.07, 6.45) is 1.03. The predicted molar refractivity (Wildman–Crippen MR) is 37.5 cm³/mol. The molecular weight excluding hydrogens is 136 g/mol. The Balaban J connectivity index is 2.19. The number of carbonyl (C=O) groups excluding carboxylic acids is 1. The van der Waals surface area contributed by atoms with Gasteiger partial charge in [0.05, 0.1) is 6.61 Å². The van der Waals surface area contributed by atoms with Crippen molar-refractivity contribution in [2.45, 2.75) is 18.6 Å². The molecule has 1 saturated heterocycles. The molecule has 0 saturated carbocycles. The molecule has 0 bridgehead atoms. The molecule has 1 aliphatic rings. The topological polar surface area (TPSA) is 26.3 Å². The molecule has 2 nitrogen and oxygen atoms in total. The van der Waals surface area contributed by atoms with Crippen molar-refractivity contribution < 1.29 is 9.53 Å². The second-order valence-electron chi connectivity index (χ2n) is 2.10. The zero-order valence-corrected chi connectivity index (χ0v) is 6.24. The van der Waals surface area contributed by atoms with Crippen LogP contribution in [-0.4, -0.2) is 23.6 Å². The van der Waals surface area contributed by atoms with Crippen molar-refractivity contribution in [3.05, 3.63) is 0 Å². The van der Waals surface area contributed by atoms with Gasteiger partial charge in [-0.25, -0.2) is 0 Å². The smallest absolute Gasteiger partial charge is 0.186 e. The molecule has 0 aromatic rings. The van der Waals surface area contributed by atoms with Crippen LogP contribution in [0.4, 0.5) is 0 Å². The third-order valence-electron chi connectivity index (χ3n) is 1.22. The van der Waals surface area contributed by atoms with Gasteiger partial charge in [0.1, 0.15) is 0 Å². The minimum absolute atomic E-state index is 0.200. The van der Waals surface area contributed by atoms with Gasteiger partial charge in [-0.1, -0.05) is 11.8 Å². The lowest BCUT2D eigenvalue weighted by Crippen LogP contribution is -2.03. The molecule has 0 aromatic carbocycles. The Morgan fingerprint density at radius 1 is 1.78 bits per heavy atom. The van der Waals surface area contributed by atoms with E-state index in [1.54, 1.807) is 6.92 Å². The first kappa shape index (κ1) is 7.09. The van der Waals surface area contributed by atoms with E-state index in [1.807, 2.05) is 0 Å². The summed E-state index contributed by atoms with van der Waals surface area (Å²) in [5.41, 5.74) is 0. The fourth-order valence-electron chi connectivity index (χ4n) is 0.841. The molecule has 0 spiro atoms. The molecule has 0 amide bonds. The third kappa shape index (κ3) is 2.37. The van der Waals surface area contributed by atoms with E-state index < -0.39 is 0 Å². The molecule has 3 heteroatoms. The monoisotopic (exact) mass is 146 g/mol. The van der Waals surface area contributed by atoms with Crippen LogP contribution in [0, 0.1) is 0 Å². The maximum atomic E-state index is 10.5. The van der Waals surface area contributed by atoms with Crippen molar-refractivity contribution >= 4 is 16.9 Å². The van der Waals surface area contributed by atoms with E-state index in [0.29, 0.717) is 5.25 Å². The van der Waals surface area contributed by atoms with Crippen molar-refractivity contribution in [2.75, 3.05) is 13.2 Å². The minimum Gasteiger partial charge on any atom is -0.380 e. The lowest BCUT2D eigenvalue weighted by Gasteiger charge is -2.00. The van der Waals surface area contributed by atoms with Gasteiger partial charge in [0, 0.05) is 18.8 Å². The van der Waals surface area contributed by atoms with Crippen LogP contribution >= 0.6 is 11.8 Å². The predicted octanol–water partition coefficient (Wildman–Crippen LogP) is 1.05. The summed E-state index contributed by atoms with van der Waals surface area (Å²) in [6, 6.07) is 0. The van der Waals surface area contributed by atoms with Gasteiger partial charge in [-0.05, 0) is 6.42 Å². The lowest BCUT2D eigenvalue weighted by molar-refractivity contribution is -0.109. The standard InChI is InChI=1S/C6H10O2S/c1-5(7)9-6-2-3-8-4-6/h6H,2-4H2,1H3. The van der Waals surface area contributed by atoms with Crippen molar-refractivity contribution in [1.29, 1.82) is 0 Å². The summed E-state index contributed by atoms with van der Waals surface area (Å²) in [6.45, 7) is 3.18. The average molecular weight is 146 g/mol. The van der Waals surface area contributed by atoms with Crippen molar-refractivity contribution in [3.63, 3.8) is 0 Å². The highest BCUT2D eigenvalue weighted by molar-refractivity contribution is 8.14. The molecule has 0 aliphatic carbocycles. The highest BCUT2D eigenvalue weighted by Gasteiger charge is 2.17. The highest BCUT2D eigenvalue weighted by Crippen LogP contribution is 2.20. The minimum atomic E-state index is 0.200. The SMILES string of the molecule is CC(=O)SC1CCOC1. The largest absolute Gasteiger partial charge is 0.380 e. The van der Waals surface area contributed by atoms with Gasteiger partial charge >= 0.3 is 0 Å². The first-order valence-electron chi connectivity index (χ1n) is 3.04. The Morgan fingerprint density at radius 2 is 2.56 bits per heavy atom. The number of hydrogen-bond donors (Lipinski definition) is 0. The molecule has 1 fully saturated rings. The zero-order valence-electron chi connectivity index (χ0n) is 5.42. The van der Waals surface area contributed by atoms with Crippen LogP contribution in [0.3, 0.4) is 0 Å². The molecular formula is C6H10O2S. The second kappa shape index (κ2) is 3.22. The van der Waals surface area contributed by atoms with Gasteiger partial charge in [0.15, 0.2) is 5.12 Å². The Hall–Kier alpha value is -0.0200. The number of thioether (sulfide) groups is 1. The van der Waals surface area contributed by atoms with Crippen molar-refractivity contribution in [2.24, 2.45) is 0 Å². The summed E-state index contributed by atoms with van der Waals surface area (Å²) >= 11 is 1.40. The fraction of sp³-hybridized carbons (Fsp3) is 0.833. The van der Waals surface area contributed by atoms with E-state index in [9.17, 15) is 4.79 Å². The molecule has 1 heterocycles. The zero-order chi connectivity index (χ0) is 6.69. The fourth-order valence-corrected chi connectivity index (χ4v) is 1.69. The van der Waals surface area contributed by atoms with Gasteiger partial charge < -0.3 is 4.74 Å². The molecule has 52 valence electrons. The van der Waals surface area contributed by atoms with Crippen LogP contribution < -0.4 is 0 Å². The van der Waals surface area contributed by atoms with Crippen molar-refractivity contribution in [1.82, 2.24) is 0 Å². The van der Waals surface area contributed by atoms with Crippen LogP contribution in [0.1, 0.15) is 13.3 Å². The number of rotatable bonds is 1. The van der Waals surface area contributed by atoms with E-state index in [1.165, 1.54) is 11.8 Å². The van der Waals surface area contributed by atoms with E-state index in [0.717, 1.165) is 19.6 Å². The summed E-state index contributed by atoms with van der Waals surface area (Å²) < 4.78 is 5.08. The van der Waals surface area contributed by atoms with Crippen LogP contribution in [0.15, 0.2) is 0 Å². The maximum absolute atomic E-state index is 10.5. The molecule has 1 atom stereocenters. The van der Waals surface area contributed by atoms with E-state index in [-0.39, 0.29) is 5.12 Å². The second-order valence-corrected chi connectivity index (χ2v) is 3.57. The molecule has 0 radical (unpaired) electrons. The Morgan fingerprint density at radius 3 is 3.00 bits per heavy atom. The number of ether oxygens (including phenoxy) is 1. The van der Waals surface area contributed by atoms with Crippen molar-refractivity contribution in [3.8, 4) is 0 Å².